The number of terminal acetylenes is 1. The molecule has 0 bridgehead atoms. The number of carbonyl (C=O) groups is 1. The van der Waals surface area contributed by atoms with Crippen LogP contribution in [0.25, 0.3) is 43.2 Å². The number of aliphatic hydroxyl groups is 1. The van der Waals surface area contributed by atoms with E-state index in [1.54, 1.807) is 55.8 Å². The lowest BCUT2D eigenvalue weighted by Crippen LogP contribution is -2.20. The maximum Gasteiger partial charge on any atom is 0.307 e. The average molecular weight is 627 g/mol. The molecule has 0 radical (unpaired) electrons. The summed E-state index contributed by atoms with van der Waals surface area (Å²) >= 11 is 7.61. The number of hydrogen-bond donors (Lipinski definition) is 2. The molecule has 2 aromatic carbocycles. The Labute approximate surface area is 263 Å². The molecular formula is C34H31ClN4O4S. The van der Waals surface area contributed by atoms with Gasteiger partial charge in [0.1, 0.15) is 16.3 Å². The molecule has 0 amide bonds. The molecule has 2 N–H and O–H groups in total. The Morgan fingerprint density at radius 1 is 1.02 bits per heavy atom. The molecule has 0 atom stereocenters. The van der Waals surface area contributed by atoms with Crippen molar-refractivity contribution < 1.29 is 15.0 Å². The number of rotatable bonds is 5. The van der Waals surface area contributed by atoms with Gasteiger partial charge in [-0.2, -0.15) is 0 Å². The summed E-state index contributed by atoms with van der Waals surface area (Å²) in [7, 11) is 0. The second-order valence-electron chi connectivity index (χ2n) is 10.8. The summed E-state index contributed by atoms with van der Waals surface area (Å²) < 4.78 is 4.18. The van der Waals surface area contributed by atoms with E-state index >= 15 is 0 Å². The molecule has 0 saturated heterocycles. The highest BCUT2D eigenvalue weighted by Crippen LogP contribution is 2.41. The molecule has 0 aliphatic rings. The second kappa shape index (κ2) is 13.3. The van der Waals surface area contributed by atoms with E-state index in [9.17, 15) is 14.7 Å². The lowest BCUT2D eigenvalue weighted by molar-refractivity contribution is -0.136. The Morgan fingerprint density at radius 3 is 2.36 bits per heavy atom. The number of aromatic nitrogens is 4. The van der Waals surface area contributed by atoms with Crippen LogP contribution in [0.2, 0.25) is 5.02 Å². The Bertz CT molecular complexity index is 2030. The summed E-state index contributed by atoms with van der Waals surface area (Å²) in [5, 5.41) is 19.5. The van der Waals surface area contributed by atoms with Crippen molar-refractivity contribution in [3.63, 3.8) is 0 Å². The van der Waals surface area contributed by atoms with Gasteiger partial charge in [0.2, 0.25) is 0 Å². The van der Waals surface area contributed by atoms with Crippen molar-refractivity contribution in [3.8, 4) is 40.4 Å². The van der Waals surface area contributed by atoms with Crippen LogP contribution in [-0.2, 0) is 11.2 Å². The van der Waals surface area contributed by atoms with Crippen LogP contribution in [0.15, 0.2) is 84.2 Å². The fraction of sp³-hybridized carbons (Fsp3) is 0.176. The summed E-state index contributed by atoms with van der Waals surface area (Å²) in [5.74, 6) is -0.405. The van der Waals surface area contributed by atoms with Crippen LogP contribution in [0, 0.1) is 19.8 Å². The van der Waals surface area contributed by atoms with Crippen LogP contribution < -0.4 is 5.56 Å². The van der Waals surface area contributed by atoms with Crippen molar-refractivity contribution >= 4 is 44.6 Å². The number of pyridine rings is 1. The molecule has 44 heavy (non-hydrogen) atoms. The SMILES string of the molecule is C#C.CC(C)(C)O.Cc1cc2nc(-c3ccnc(-n4ccn5cccc5c4=O)c3)sc2c(-c2ccc(Cl)cc2)c1CC(=O)O. The van der Waals surface area contributed by atoms with Crippen molar-refractivity contribution in [2.75, 3.05) is 0 Å². The highest BCUT2D eigenvalue weighted by molar-refractivity contribution is 7.22. The molecule has 0 aliphatic heterocycles. The van der Waals surface area contributed by atoms with Gasteiger partial charge in [-0.1, -0.05) is 23.7 Å². The number of carboxylic acid groups (broad SMARTS) is 1. The molecule has 0 aliphatic carbocycles. The van der Waals surface area contributed by atoms with Gasteiger partial charge >= 0.3 is 5.97 Å². The van der Waals surface area contributed by atoms with Gasteiger partial charge in [0.05, 0.1) is 22.2 Å². The topological polar surface area (TPSA) is 110 Å². The molecule has 0 saturated carbocycles. The predicted octanol–water partition coefficient (Wildman–Crippen LogP) is 7.04. The van der Waals surface area contributed by atoms with Crippen molar-refractivity contribution in [1.82, 2.24) is 18.9 Å². The van der Waals surface area contributed by atoms with E-state index in [-0.39, 0.29) is 12.0 Å². The molecule has 224 valence electrons. The van der Waals surface area contributed by atoms with Crippen LogP contribution in [0.3, 0.4) is 0 Å². The molecule has 4 heterocycles. The summed E-state index contributed by atoms with van der Waals surface area (Å²) in [4.78, 5) is 34.0. The highest BCUT2D eigenvalue weighted by Gasteiger charge is 2.20. The molecule has 0 fully saturated rings. The monoisotopic (exact) mass is 626 g/mol. The molecule has 4 aromatic heterocycles. The van der Waals surface area contributed by atoms with Gasteiger partial charge in [0.25, 0.3) is 5.56 Å². The number of hydrogen-bond acceptors (Lipinski definition) is 6. The third-order valence-electron chi connectivity index (χ3n) is 6.30. The predicted molar refractivity (Wildman–Crippen MR) is 178 cm³/mol. The Hall–Kier alpha value is -4.75. The quantitative estimate of drug-likeness (QED) is 0.199. The van der Waals surface area contributed by atoms with Crippen molar-refractivity contribution in [3.05, 3.63) is 106 Å². The third-order valence-corrected chi connectivity index (χ3v) is 7.69. The van der Waals surface area contributed by atoms with Gasteiger partial charge in [0.15, 0.2) is 0 Å². The van der Waals surface area contributed by atoms with E-state index < -0.39 is 11.6 Å². The van der Waals surface area contributed by atoms with E-state index in [1.165, 1.54) is 15.9 Å². The average Bonchev–Trinajstić information content (AvgIpc) is 3.62. The second-order valence-corrected chi connectivity index (χ2v) is 12.3. The van der Waals surface area contributed by atoms with Crippen LogP contribution >= 0.6 is 22.9 Å². The number of nitrogens with zero attached hydrogens (tertiary/aromatic N) is 4. The molecular weight excluding hydrogens is 596 g/mol. The smallest absolute Gasteiger partial charge is 0.307 e. The van der Waals surface area contributed by atoms with E-state index in [2.05, 4.69) is 17.8 Å². The lowest BCUT2D eigenvalue weighted by Gasteiger charge is -2.13. The Balaban J connectivity index is 0.000000576. The number of aliphatic carboxylic acids is 1. The maximum absolute atomic E-state index is 13.0. The highest BCUT2D eigenvalue weighted by atomic mass is 35.5. The number of fused-ring (bicyclic) bond motifs is 2. The maximum atomic E-state index is 13.0. The fourth-order valence-corrected chi connectivity index (χ4v) is 5.82. The minimum absolute atomic E-state index is 0.0997. The van der Waals surface area contributed by atoms with E-state index in [4.69, 9.17) is 21.7 Å². The van der Waals surface area contributed by atoms with E-state index in [0.717, 1.165) is 43.0 Å². The Morgan fingerprint density at radius 2 is 1.70 bits per heavy atom. The zero-order valence-electron chi connectivity index (χ0n) is 24.7. The molecule has 6 aromatic rings. The molecule has 0 unspecified atom stereocenters. The Kier molecular flexibility index (Phi) is 9.70. The number of benzene rings is 2. The van der Waals surface area contributed by atoms with Crippen LogP contribution in [0.4, 0.5) is 0 Å². The number of carboxylic acids is 1. The minimum atomic E-state index is -0.897. The molecule has 8 nitrogen and oxygen atoms in total. The van der Waals surface area contributed by atoms with Gasteiger partial charge < -0.3 is 14.6 Å². The van der Waals surface area contributed by atoms with Gasteiger partial charge in [-0.15, -0.1) is 24.2 Å². The molecule has 10 heteroatoms. The summed E-state index contributed by atoms with van der Waals surface area (Å²) in [5.41, 5.74) is 4.83. The van der Waals surface area contributed by atoms with Crippen molar-refractivity contribution in [2.45, 2.75) is 39.7 Å². The van der Waals surface area contributed by atoms with E-state index in [0.29, 0.717) is 16.4 Å². The summed E-state index contributed by atoms with van der Waals surface area (Å²) in [6.07, 6.45) is 14.9. The number of thiazole rings is 1. The van der Waals surface area contributed by atoms with Gasteiger partial charge in [-0.25, -0.2) is 9.97 Å². The zero-order chi connectivity index (χ0) is 32.2. The minimum Gasteiger partial charge on any atom is -0.481 e. The van der Waals surface area contributed by atoms with Gasteiger partial charge in [0, 0.05) is 40.9 Å². The van der Waals surface area contributed by atoms with Gasteiger partial charge in [-0.3, -0.25) is 14.2 Å². The van der Waals surface area contributed by atoms with Crippen molar-refractivity contribution in [1.29, 1.82) is 0 Å². The first-order valence-corrected chi connectivity index (χ1v) is 14.7. The summed E-state index contributed by atoms with van der Waals surface area (Å²) in [6, 6.07) is 16.6. The van der Waals surface area contributed by atoms with Crippen LogP contribution in [-0.4, -0.2) is 40.7 Å². The fourth-order valence-electron chi connectivity index (χ4n) is 4.56. The van der Waals surface area contributed by atoms with E-state index in [1.807, 2.05) is 55.7 Å². The molecule has 6 rings (SSSR count). The third kappa shape index (κ3) is 7.24. The largest absolute Gasteiger partial charge is 0.481 e. The first-order valence-electron chi connectivity index (χ1n) is 13.5. The van der Waals surface area contributed by atoms with Crippen LogP contribution in [0.5, 0.6) is 0 Å². The standard InChI is InChI=1S/C28H19ClN4O3S.C4H10O.C2H2/c1-16-13-21-26(25(20(16)15-24(34)35)17-4-6-19(29)7-5-17)37-27(31-21)18-8-9-30-23(14-18)33-12-11-32-10-2-3-22(32)28(33)36;1-4(2,3)5;1-2/h2-14H,15H2,1H3,(H,34,35);5H,1-3H3;1-2H. The zero-order valence-corrected chi connectivity index (χ0v) is 26.2. The van der Waals surface area contributed by atoms with Gasteiger partial charge in [-0.05, 0) is 86.8 Å². The number of halogens is 1. The number of aryl methyl sites for hydroxylation is 1. The normalized spacial score (nSPS) is 11.0. The lowest BCUT2D eigenvalue weighted by atomic mass is 9.93. The first-order chi connectivity index (χ1) is 20.9. The first kappa shape index (κ1) is 32.2. The van der Waals surface area contributed by atoms with Crippen molar-refractivity contribution in [2.24, 2.45) is 0 Å². The van der Waals surface area contributed by atoms with Crippen LogP contribution in [0.1, 0.15) is 31.9 Å². The molecule has 0 spiro atoms. The summed E-state index contributed by atoms with van der Waals surface area (Å²) in [6.45, 7) is 7.14.